The highest BCUT2D eigenvalue weighted by Gasteiger charge is 2.33. The zero-order valence-electron chi connectivity index (χ0n) is 13.5. The molecule has 0 amide bonds. The van der Waals surface area contributed by atoms with Gasteiger partial charge in [-0.15, -0.1) is 0 Å². The van der Waals surface area contributed by atoms with Crippen LogP contribution >= 0.6 is 0 Å². The Bertz CT molecular complexity index is 646. The third-order valence-electron chi connectivity index (χ3n) is 4.18. The van der Waals surface area contributed by atoms with E-state index in [-0.39, 0.29) is 11.1 Å². The Morgan fingerprint density at radius 2 is 1.76 bits per heavy atom. The summed E-state index contributed by atoms with van der Waals surface area (Å²) in [5.74, 6) is 1.08. The number of benzene rings is 1. The van der Waals surface area contributed by atoms with Gasteiger partial charge in [0.2, 0.25) is 0 Å². The molecule has 0 aliphatic carbocycles. The van der Waals surface area contributed by atoms with E-state index in [1.807, 2.05) is 0 Å². The van der Waals surface area contributed by atoms with Crippen molar-refractivity contribution < 1.29 is 0 Å². The van der Waals surface area contributed by atoms with Crippen molar-refractivity contribution in [2.24, 2.45) is 0 Å². The maximum atomic E-state index is 4.85. The van der Waals surface area contributed by atoms with E-state index < -0.39 is 0 Å². The Hall–Kier alpha value is -1.61. The van der Waals surface area contributed by atoms with Crippen LogP contribution in [-0.2, 0) is 0 Å². The van der Waals surface area contributed by atoms with Gasteiger partial charge in [-0.05, 0) is 52.3 Å². The van der Waals surface area contributed by atoms with Crippen LogP contribution in [0.4, 0.5) is 5.82 Å². The second-order valence-corrected chi connectivity index (χ2v) is 7.43. The van der Waals surface area contributed by atoms with Gasteiger partial charge in [0.25, 0.3) is 0 Å². The molecule has 0 spiro atoms. The standard InChI is InChI=1S/C18H25N3/c1-17(2)11-12-21(13-18(3,4)20-17)16-10-9-14-7-5-6-8-15(14)19-16/h5-10,20H,11-13H2,1-4H3. The van der Waals surface area contributed by atoms with Gasteiger partial charge in [0.05, 0.1) is 5.52 Å². The quantitative estimate of drug-likeness (QED) is 0.867. The van der Waals surface area contributed by atoms with E-state index in [9.17, 15) is 0 Å². The molecule has 0 radical (unpaired) electrons. The van der Waals surface area contributed by atoms with Crippen LogP contribution in [0.1, 0.15) is 34.1 Å². The smallest absolute Gasteiger partial charge is 0.129 e. The first-order valence-electron chi connectivity index (χ1n) is 7.75. The van der Waals surface area contributed by atoms with Gasteiger partial charge in [0.15, 0.2) is 0 Å². The van der Waals surface area contributed by atoms with E-state index in [1.54, 1.807) is 0 Å². The van der Waals surface area contributed by atoms with Gasteiger partial charge in [-0.2, -0.15) is 0 Å². The van der Waals surface area contributed by atoms with Gasteiger partial charge in [0, 0.05) is 29.6 Å². The van der Waals surface area contributed by atoms with Crippen molar-refractivity contribution >= 4 is 16.7 Å². The minimum absolute atomic E-state index is 0.0767. The summed E-state index contributed by atoms with van der Waals surface area (Å²) in [4.78, 5) is 7.26. The fourth-order valence-electron chi connectivity index (χ4n) is 3.42. The Morgan fingerprint density at radius 1 is 1.00 bits per heavy atom. The minimum atomic E-state index is 0.0767. The summed E-state index contributed by atoms with van der Waals surface area (Å²) in [5.41, 5.74) is 1.31. The fraction of sp³-hybridized carbons (Fsp3) is 0.500. The summed E-state index contributed by atoms with van der Waals surface area (Å²) < 4.78 is 0. The average Bonchev–Trinajstić information content (AvgIpc) is 2.52. The molecule has 0 saturated carbocycles. The highest BCUT2D eigenvalue weighted by Crippen LogP contribution is 2.25. The predicted octanol–water partition coefficient (Wildman–Crippen LogP) is 3.59. The topological polar surface area (TPSA) is 28.2 Å². The number of anilines is 1. The molecule has 1 saturated heterocycles. The van der Waals surface area contributed by atoms with E-state index in [4.69, 9.17) is 4.98 Å². The molecule has 2 heterocycles. The summed E-state index contributed by atoms with van der Waals surface area (Å²) in [6, 6.07) is 12.6. The second-order valence-electron chi connectivity index (χ2n) is 7.43. The molecule has 3 heteroatoms. The number of hydrogen-bond acceptors (Lipinski definition) is 3. The molecule has 3 nitrogen and oxygen atoms in total. The molecular formula is C18H25N3. The molecule has 0 bridgehead atoms. The van der Waals surface area contributed by atoms with Crippen molar-refractivity contribution in [2.75, 3.05) is 18.0 Å². The first-order valence-corrected chi connectivity index (χ1v) is 7.75. The zero-order chi connectivity index (χ0) is 15.1. The first kappa shape index (κ1) is 14.3. The molecule has 3 rings (SSSR count). The number of aromatic nitrogens is 1. The molecule has 112 valence electrons. The largest absolute Gasteiger partial charge is 0.355 e. The molecule has 1 N–H and O–H groups in total. The van der Waals surface area contributed by atoms with Crippen LogP contribution in [-0.4, -0.2) is 29.2 Å². The summed E-state index contributed by atoms with van der Waals surface area (Å²) in [5, 5.41) is 4.96. The minimum Gasteiger partial charge on any atom is -0.355 e. The molecule has 1 aliphatic rings. The summed E-state index contributed by atoms with van der Waals surface area (Å²) in [6.45, 7) is 11.1. The second kappa shape index (κ2) is 4.99. The fourth-order valence-corrected chi connectivity index (χ4v) is 3.42. The van der Waals surface area contributed by atoms with Gasteiger partial charge in [0.1, 0.15) is 5.82 Å². The van der Waals surface area contributed by atoms with Gasteiger partial charge in [-0.3, -0.25) is 0 Å². The number of nitrogens with one attached hydrogen (secondary N) is 1. The van der Waals surface area contributed by atoms with Crippen molar-refractivity contribution in [1.82, 2.24) is 10.3 Å². The number of fused-ring (bicyclic) bond motifs is 1. The van der Waals surface area contributed by atoms with Crippen LogP contribution in [0, 0.1) is 0 Å². The number of para-hydroxylation sites is 1. The third kappa shape index (κ3) is 3.18. The molecule has 1 aromatic heterocycles. The molecule has 0 atom stereocenters. The third-order valence-corrected chi connectivity index (χ3v) is 4.18. The van der Waals surface area contributed by atoms with Crippen molar-refractivity contribution in [3.63, 3.8) is 0 Å². The average molecular weight is 283 g/mol. The van der Waals surface area contributed by atoms with Crippen molar-refractivity contribution in [3.05, 3.63) is 36.4 Å². The zero-order valence-corrected chi connectivity index (χ0v) is 13.5. The van der Waals surface area contributed by atoms with E-state index in [2.05, 4.69) is 74.3 Å². The monoisotopic (exact) mass is 283 g/mol. The lowest BCUT2D eigenvalue weighted by Gasteiger charge is -2.35. The van der Waals surface area contributed by atoms with Crippen LogP contribution in [0.3, 0.4) is 0 Å². The van der Waals surface area contributed by atoms with Crippen LogP contribution < -0.4 is 10.2 Å². The van der Waals surface area contributed by atoms with Gasteiger partial charge < -0.3 is 10.2 Å². The molecule has 1 aromatic carbocycles. The first-order chi connectivity index (χ1) is 9.85. The lowest BCUT2D eigenvalue weighted by atomic mass is 9.96. The van der Waals surface area contributed by atoms with Crippen LogP contribution in [0.15, 0.2) is 36.4 Å². The van der Waals surface area contributed by atoms with Gasteiger partial charge in [-0.25, -0.2) is 4.98 Å². The summed E-state index contributed by atoms with van der Waals surface area (Å²) in [6.07, 6.45) is 1.12. The number of hydrogen-bond donors (Lipinski definition) is 1. The molecular weight excluding hydrogens is 258 g/mol. The van der Waals surface area contributed by atoms with Crippen LogP contribution in [0.25, 0.3) is 10.9 Å². The van der Waals surface area contributed by atoms with Crippen LogP contribution in [0.2, 0.25) is 0 Å². The molecule has 2 aromatic rings. The van der Waals surface area contributed by atoms with Crippen molar-refractivity contribution in [3.8, 4) is 0 Å². The van der Waals surface area contributed by atoms with E-state index >= 15 is 0 Å². The van der Waals surface area contributed by atoms with Crippen molar-refractivity contribution in [2.45, 2.75) is 45.2 Å². The Morgan fingerprint density at radius 3 is 2.57 bits per heavy atom. The SMILES string of the molecule is CC1(C)CCN(c2ccc3ccccc3n2)CC(C)(C)N1. The Balaban J connectivity index is 1.94. The maximum absolute atomic E-state index is 4.85. The number of nitrogens with zero attached hydrogens (tertiary/aromatic N) is 2. The van der Waals surface area contributed by atoms with Crippen LogP contribution in [0.5, 0.6) is 0 Å². The lowest BCUT2D eigenvalue weighted by Crippen LogP contribution is -2.53. The predicted molar refractivity (Wildman–Crippen MR) is 89.9 cm³/mol. The van der Waals surface area contributed by atoms with Gasteiger partial charge in [-0.1, -0.05) is 18.2 Å². The normalized spacial score (nSPS) is 21.2. The molecule has 1 fully saturated rings. The maximum Gasteiger partial charge on any atom is 0.129 e. The Labute approximate surface area is 127 Å². The number of pyridine rings is 1. The molecule has 0 unspecified atom stereocenters. The Kier molecular flexibility index (Phi) is 3.40. The van der Waals surface area contributed by atoms with E-state index in [1.165, 1.54) is 5.39 Å². The van der Waals surface area contributed by atoms with Crippen molar-refractivity contribution in [1.29, 1.82) is 0 Å². The lowest BCUT2D eigenvalue weighted by molar-refractivity contribution is 0.284. The highest BCUT2D eigenvalue weighted by atomic mass is 15.2. The van der Waals surface area contributed by atoms with E-state index in [0.717, 1.165) is 30.8 Å². The summed E-state index contributed by atoms with van der Waals surface area (Å²) >= 11 is 0. The molecule has 21 heavy (non-hydrogen) atoms. The number of rotatable bonds is 1. The highest BCUT2D eigenvalue weighted by molar-refractivity contribution is 5.80. The van der Waals surface area contributed by atoms with Gasteiger partial charge >= 0.3 is 0 Å². The van der Waals surface area contributed by atoms with E-state index in [0.29, 0.717) is 0 Å². The summed E-state index contributed by atoms with van der Waals surface area (Å²) in [7, 11) is 0. The molecule has 1 aliphatic heterocycles.